The van der Waals surface area contributed by atoms with Crippen molar-refractivity contribution in [2.45, 2.75) is 38.1 Å². The van der Waals surface area contributed by atoms with E-state index in [0.717, 1.165) is 18.4 Å². The number of likely N-dealkylation sites (tertiary alicyclic amines) is 1. The van der Waals surface area contributed by atoms with E-state index in [1.165, 1.54) is 6.08 Å². The molecule has 1 saturated heterocycles. The van der Waals surface area contributed by atoms with Crippen molar-refractivity contribution in [2.24, 2.45) is 5.73 Å². The molecule has 10 nitrogen and oxygen atoms in total. The number of hydrogen-bond acceptors (Lipinski definition) is 8. The second kappa shape index (κ2) is 9.43. The van der Waals surface area contributed by atoms with Gasteiger partial charge in [-0.2, -0.15) is 10.2 Å². The number of aromatic nitrogens is 3. The summed E-state index contributed by atoms with van der Waals surface area (Å²) in [6.45, 7) is 8.37. The van der Waals surface area contributed by atoms with Crippen LogP contribution in [0.3, 0.4) is 0 Å². The van der Waals surface area contributed by atoms with Gasteiger partial charge in [0.25, 0.3) is 5.91 Å². The molecule has 1 aliphatic heterocycles. The maximum Gasteiger partial charge on any atom is 0.273 e. The van der Waals surface area contributed by atoms with E-state index in [1.807, 2.05) is 26.0 Å². The summed E-state index contributed by atoms with van der Waals surface area (Å²) >= 11 is 0. The van der Waals surface area contributed by atoms with Crippen molar-refractivity contribution in [1.82, 2.24) is 20.1 Å². The second-order valence-electron chi connectivity index (χ2n) is 8.11. The summed E-state index contributed by atoms with van der Waals surface area (Å²) in [5, 5.41) is 23.4. The number of amides is 2. The van der Waals surface area contributed by atoms with Crippen LogP contribution >= 0.6 is 0 Å². The zero-order chi connectivity index (χ0) is 23.3. The average Bonchev–Trinajstić information content (AvgIpc) is 2.79. The van der Waals surface area contributed by atoms with E-state index in [1.54, 1.807) is 17.0 Å². The number of nitrogens with two attached hydrogens (primary N) is 1. The van der Waals surface area contributed by atoms with Crippen molar-refractivity contribution < 1.29 is 9.59 Å². The van der Waals surface area contributed by atoms with Crippen LogP contribution in [0, 0.1) is 11.3 Å². The smallest absolute Gasteiger partial charge is 0.273 e. The predicted molar refractivity (Wildman–Crippen MR) is 120 cm³/mol. The number of nitrogens with one attached hydrogen (secondary N) is 2. The minimum atomic E-state index is -0.762. The normalized spacial score (nSPS) is 16.0. The quantitative estimate of drug-likeness (QED) is 0.561. The Morgan fingerprint density at radius 3 is 2.66 bits per heavy atom. The third-order valence-electron chi connectivity index (χ3n) is 5.31. The lowest BCUT2D eigenvalue weighted by Crippen LogP contribution is -2.44. The van der Waals surface area contributed by atoms with Crippen molar-refractivity contribution in [2.75, 3.05) is 23.7 Å². The minimum absolute atomic E-state index is 0.0609. The van der Waals surface area contributed by atoms with Crippen LogP contribution in [0.15, 0.2) is 36.9 Å². The highest BCUT2D eigenvalue weighted by atomic mass is 16.2. The maximum absolute atomic E-state index is 11.9. The van der Waals surface area contributed by atoms with Crippen molar-refractivity contribution in [3.05, 3.63) is 48.2 Å². The first-order chi connectivity index (χ1) is 15.2. The van der Waals surface area contributed by atoms with Gasteiger partial charge in [-0.1, -0.05) is 18.7 Å². The van der Waals surface area contributed by atoms with Crippen LogP contribution in [0.4, 0.5) is 17.5 Å². The molecule has 2 aromatic rings. The molecule has 1 fully saturated rings. The first kappa shape index (κ1) is 22.7. The van der Waals surface area contributed by atoms with Gasteiger partial charge in [-0.05, 0) is 50.5 Å². The minimum Gasteiger partial charge on any atom is -0.364 e. The fraction of sp³-hybridized carbons (Fsp3) is 0.364. The number of nitrogens with zero attached hydrogens (tertiary/aromatic N) is 5. The molecule has 0 radical (unpaired) electrons. The Hall–Kier alpha value is -4.00. The Morgan fingerprint density at radius 1 is 1.31 bits per heavy atom. The number of anilines is 3. The summed E-state index contributed by atoms with van der Waals surface area (Å²) in [5.74, 6) is -0.499. The van der Waals surface area contributed by atoms with Gasteiger partial charge in [-0.3, -0.25) is 9.59 Å². The number of primary amides is 1. The lowest BCUT2D eigenvalue weighted by atomic mass is 9.86. The summed E-state index contributed by atoms with van der Waals surface area (Å²) in [7, 11) is 0. The van der Waals surface area contributed by atoms with Crippen LogP contribution in [0.1, 0.15) is 42.7 Å². The molecule has 1 aromatic carbocycles. The van der Waals surface area contributed by atoms with Crippen molar-refractivity contribution in [3.63, 3.8) is 0 Å². The van der Waals surface area contributed by atoms with Crippen molar-refractivity contribution >= 4 is 29.3 Å². The molecule has 4 N–H and O–H groups in total. The molecule has 2 heterocycles. The zero-order valence-corrected chi connectivity index (χ0v) is 18.1. The molecule has 10 heteroatoms. The Kier molecular flexibility index (Phi) is 6.68. The summed E-state index contributed by atoms with van der Waals surface area (Å²) in [4.78, 5) is 29.8. The molecule has 0 aliphatic carbocycles. The standard InChI is InChI=1S/C22H26N8O2/c1-4-17(31)30-11-5-6-16(12-30)26-21-27-20(18(19(24)32)28-29-21)25-15-9-7-14(8-10-15)22(2,3)13-23/h4,7-10,16H,1,5-6,11-12H2,2-3H3,(H2,24,32)(H2,25,26,27,29)/t16-/m1/s1. The van der Waals surface area contributed by atoms with Crippen LogP contribution in [0.25, 0.3) is 0 Å². The van der Waals surface area contributed by atoms with Crippen LogP contribution in [0.5, 0.6) is 0 Å². The third-order valence-corrected chi connectivity index (χ3v) is 5.31. The van der Waals surface area contributed by atoms with Crippen LogP contribution in [-0.2, 0) is 10.2 Å². The highest BCUT2D eigenvalue weighted by Crippen LogP contribution is 2.25. The Labute approximate surface area is 186 Å². The lowest BCUT2D eigenvalue weighted by Gasteiger charge is -2.32. The molecular formula is C22H26N8O2. The summed E-state index contributed by atoms with van der Waals surface area (Å²) in [6.07, 6.45) is 2.97. The molecule has 0 bridgehead atoms. The summed E-state index contributed by atoms with van der Waals surface area (Å²) in [6, 6.07) is 9.43. The molecule has 1 aliphatic rings. The van der Waals surface area contributed by atoms with Gasteiger partial charge in [-0.25, -0.2) is 0 Å². The first-order valence-electron chi connectivity index (χ1n) is 10.2. The molecule has 0 spiro atoms. The van der Waals surface area contributed by atoms with Crippen LogP contribution in [0.2, 0.25) is 0 Å². The number of carbonyl (C=O) groups excluding carboxylic acids is 2. The molecule has 2 amide bonds. The third kappa shape index (κ3) is 5.18. The van der Waals surface area contributed by atoms with Crippen molar-refractivity contribution in [1.29, 1.82) is 5.26 Å². The number of piperidine rings is 1. The van der Waals surface area contributed by atoms with Crippen LogP contribution < -0.4 is 16.4 Å². The molecule has 1 atom stereocenters. The van der Waals surface area contributed by atoms with Gasteiger partial charge in [0, 0.05) is 24.8 Å². The average molecular weight is 435 g/mol. The first-order valence-corrected chi connectivity index (χ1v) is 10.2. The SMILES string of the molecule is C=CC(=O)N1CCC[C@@H](Nc2nnc(C(N)=O)c(Nc3ccc(C(C)(C)C#N)cc3)n2)C1. The van der Waals surface area contributed by atoms with E-state index in [4.69, 9.17) is 5.73 Å². The predicted octanol–water partition coefficient (Wildman–Crippen LogP) is 2.10. The van der Waals surface area contributed by atoms with Gasteiger partial charge in [0.1, 0.15) is 0 Å². The van der Waals surface area contributed by atoms with E-state index in [2.05, 4.69) is 38.5 Å². The van der Waals surface area contributed by atoms with Gasteiger partial charge in [0.05, 0.1) is 11.5 Å². The zero-order valence-electron chi connectivity index (χ0n) is 18.1. The molecular weight excluding hydrogens is 408 g/mol. The number of rotatable bonds is 7. The van der Waals surface area contributed by atoms with E-state index in [-0.39, 0.29) is 29.4 Å². The molecule has 32 heavy (non-hydrogen) atoms. The van der Waals surface area contributed by atoms with Gasteiger partial charge >= 0.3 is 0 Å². The lowest BCUT2D eigenvalue weighted by molar-refractivity contribution is -0.127. The Bertz CT molecular complexity index is 1060. The summed E-state index contributed by atoms with van der Waals surface area (Å²) < 4.78 is 0. The number of hydrogen-bond donors (Lipinski definition) is 3. The van der Waals surface area contributed by atoms with Gasteiger partial charge < -0.3 is 21.3 Å². The molecule has 0 unspecified atom stereocenters. The molecule has 1 aromatic heterocycles. The number of benzene rings is 1. The fourth-order valence-electron chi connectivity index (χ4n) is 3.42. The Morgan fingerprint density at radius 2 is 2.03 bits per heavy atom. The Balaban J connectivity index is 1.79. The second-order valence-corrected chi connectivity index (χ2v) is 8.11. The number of nitriles is 1. The van der Waals surface area contributed by atoms with Gasteiger partial charge in [-0.15, -0.1) is 10.2 Å². The molecule has 0 saturated carbocycles. The van der Waals surface area contributed by atoms with E-state index < -0.39 is 11.3 Å². The number of carbonyl (C=O) groups is 2. The fourth-order valence-corrected chi connectivity index (χ4v) is 3.42. The van der Waals surface area contributed by atoms with E-state index >= 15 is 0 Å². The maximum atomic E-state index is 11.9. The van der Waals surface area contributed by atoms with Crippen molar-refractivity contribution in [3.8, 4) is 6.07 Å². The topological polar surface area (TPSA) is 150 Å². The largest absolute Gasteiger partial charge is 0.364 e. The van der Waals surface area contributed by atoms with Gasteiger partial charge in [0.2, 0.25) is 11.9 Å². The van der Waals surface area contributed by atoms with E-state index in [0.29, 0.717) is 18.8 Å². The van der Waals surface area contributed by atoms with E-state index in [9.17, 15) is 14.9 Å². The highest BCUT2D eigenvalue weighted by Gasteiger charge is 2.24. The molecule has 166 valence electrons. The monoisotopic (exact) mass is 434 g/mol. The molecule has 3 rings (SSSR count). The van der Waals surface area contributed by atoms with Crippen LogP contribution in [-0.4, -0.2) is 51.0 Å². The highest BCUT2D eigenvalue weighted by molar-refractivity contribution is 5.96. The summed E-state index contributed by atoms with van der Waals surface area (Å²) in [5.41, 5.74) is 6.23. The van der Waals surface area contributed by atoms with Gasteiger partial charge in [0.15, 0.2) is 11.5 Å².